The number of hydrogen-bond acceptors (Lipinski definition) is 4. The van der Waals surface area contributed by atoms with Crippen LogP contribution < -0.4 is 15.5 Å². The molecule has 2 rings (SSSR count). The third-order valence-electron chi connectivity index (χ3n) is 3.39. The Kier molecular flexibility index (Phi) is 6.08. The first-order valence-electron chi connectivity index (χ1n) is 7.46. The van der Waals surface area contributed by atoms with Crippen LogP contribution >= 0.6 is 11.3 Å². The molecule has 1 aromatic heterocycles. The second-order valence-electron chi connectivity index (χ2n) is 5.14. The Morgan fingerprint density at radius 3 is 2.75 bits per heavy atom. The molecule has 0 spiro atoms. The van der Waals surface area contributed by atoms with E-state index < -0.39 is 0 Å². The lowest BCUT2D eigenvalue weighted by Gasteiger charge is -2.11. The summed E-state index contributed by atoms with van der Waals surface area (Å²) in [5.41, 5.74) is 1.66. The summed E-state index contributed by atoms with van der Waals surface area (Å²) >= 11 is 1.12. The van der Waals surface area contributed by atoms with Crippen LogP contribution in [0, 0.1) is 6.92 Å². The lowest BCUT2D eigenvalue weighted by Crippen LogP contribution is -2.25. The highest BCUT2D eigenvalue weighted by molar-refractivity contribution is 7.07. The van der Waals surface area contributed by atoms with E-state index in [0.29, 0.717) is 24.3 Å². The molecule has 126 valence electrons. The fourth-order valence-electron chi connectivity index (χ4n) is 2.15. The average Bonchev–Trinajstić information content (AvgIpc) is 2.89. The zero-order chi connectivity index (χ0) is 17.5. The van der Waals surface area contributed by atoms with Crippen molar-refractivity contribution in [1.82, 2.24) is 9.88 Å². The second-order valence-corrected chi connectivity index (χ2v) is 5.96. The van der Waals surface area contributed by atoms with Gasteiger partial charge in [-0.2, -0.15) is 0 Å². The molecule has 0 radical (unpaired) electrons. The van der Waals surface area contributed by atoms with Gasteiger partial charge in [0.05, 0.1) is 11.3 Å². The lowest BCUT2D eigenvalue weighted by atomic mass is 10.1. The quantitative estimate of drug-likeness (QED) is 0.755. The molecule has 0 bridgehead atoms. The molecule has 0 aliphatic heterocycles. The molecule has 24 heavy (non-hydrogen) atoms. The monoisotopic (exact) mass is 345 g/mol. The van der Waals surface area contributed by atoms with Crippen molar-refractivity contribution in [3.05, 3.63) is 63.2 Å². The fourth-order valence-corrected chi connectivity index (χ4v) is 2.91. The van der Waals surface area contributed by atoms with Crippen LogP contribution in [0.5, 0.6) is 0 Å². The number of thiazole rings is 1. The first-order chi connectivity index (χ1) is 11.5. The molecule has 0 unspecified atom stereocenters. The summed E-state index contributed by atoms with van der Waals surface area (Å²) in [4.78, 5) is 35.8. The number of amides is 2. The average molecular weight is 345 g/mol. The predicted octanol–water partition coefficient (Wildman–Crippen LogP) is 2.16. The molecule has 2 amide bonds. The largest absolute Gasteiger partial charge is 0.349 e. The summed E-state index contributed by atoms with van der Waals surface area (Å²) in [6.07, 6.45) is 1.74. The molecule has 0 atom stereocenters. The SMILES string of the molecule is C=CCNC(=O)c1ccccc1NC(=O)CCn1c(C)csc1=O. The van der Waals surface area contributed by atoms with Crippen molar-refractivity contribution in [2.75, 3.05) is 11.9 Å². The van der Waals surface area contributed by atoms with E-state index in [1.165, 1.54) is 0 Å². The van der Waals surface area contributed by atoms with Crippen LogP contribution in [-0.4, -0.2) is 22.9 Å². The summed E-state index contributed by atoms with van der Waals surface area (Å²) in [5, 5.41) is 7.17. The molecule has 0 aliphatic rings. The third kappa shape index (κ3) is 4.42. The number of hydrogen-bond donors (Lipinski definition) is 2. The second kappa shape index (κ2) is 8.26. The normalized spacial score (nSPS) is 10.2. The Balaban J connectivity index is 2.02. The minimum atomic E-state index is -0.282. The third-order valence-corrected chi connectivity index (χ3v) is 4.27. The van der Waals surface area contributed by atoms with Crippen molar-refractivity contribution >= 4 is 28.8 Å². The van der Waals surface area contributed by atoms with E-state index >= 15 is 0 Å². The maximum atomic E-state index is 12.1. The van der Waals surface area contributed by atoms with E-state index in [0.717, 1.165) is 17.0 Å². The van der Waals surface area contributed by atoms with Gasteiger partial charge in [-0.1, -0.05) is 29.5 Å². The number of nitrogens with one attached hydrogen (secondary N) is 2. The molecule has 0 saturated heterocycles. The van der Waals surface area contributed by atoms with Crippen LogP contribution in [0.25, 0.3) is 0 Å². The van der Waals surface area contributed by atoms with Gasteiger partial charge in [0, 0.05) is 30.6 Å². The van der Waals surface area contributed by atoms with Gasteiger partial charge in [-0.15, -0.1) is 6.58 Å². The summed E-state index contributed by atoms with van der Waals surface area (Å²) in [6, 6.07) is 6.78. The van der Waals surface area contributed by atoms with Crippen LogP contribution in [0.1, 0.15) is 22.5 Å². The topological polar surface area (TPSA) is 80.2 Å². The number of carbonyl (C=O) groups excluding carboxylic acids is 2. The summed E-state index contributed by atoms with van der Waals surface area (Å²) in [7, 11) is 0. The van der Waals surface area contributed by atoms with Crippen LogP contribution in [-0.2, 0) is 11.3 Å². The van der Waals surface area contributed by atoms with E-state index in [2.05, 4.69) is 17.2 Å². The highest BCUT2D eigenvalue weighted by Crippen LogP contribution is 2.15. The van der Waals surface area contributed by atoms with Gasteiger partial charge in [-0.3, -0.25) is 14.4 Å². The van der Waals surface area contributed by atoms with Crippen molar-refractivity contribution in [2.45, 2.75) is 19.9 Å². The van der Waals surface area contributed by atoms with Gasteiger partial charge in [0.25, 0.3) is 5.91 Å². The molecule has 1 heterocycles. The van der Waals surface area contributed by atoms with E-state index in [1.54, 1.807) is 40.3 Å². The standard InChI is InChI=1S/C17H19N3O3S/c1-3-9-18-16(22)13-6-4-5-7-14(13)19-15(21)8-10-20-12(2)11-24-17(20)23/h3-7,11H,1,8-10H2,2H3,(H,18,22)(H,19,21). The number of rotatable bonds is 7. The Bertz CT molecular complexity index is 807. The first kappa shape index (κ1) is 17.7. The molecule has 0 fully saturated rings. The molecule has 2 N–H and O–H groups in total. The molecular weight excluding hydrogens is 326 g/mol. The maximum absolute atomic E-state index is 12.1. The van der Waals surface area contributed by atoms with Crippen LogP contribution in [0.4, 0.5) is 5.69 Å². The minimum absolute atomic E-state index is 0.0792. The molecule has 0 saturated carbocycles. The van der Waals surface area contributed by atoms with E-state index in [1.807, 2.05) is 6.92 Å². The van der Waals surface area contributed by atoms with Crippen molar-refractivity contribution in [1.29, 1.82) is 0 Å². The van der Waals surface area contributed by atoms with Gasteiger partial charge >= 0.3 is 4.87 Å². The predicted molar refractivity (Wildman–Crippen MR) is 95.5 cm³/mol. The van der Waals surface area contributed by atoms with Gasteiger partial charge < -0.3 is 15.2 Å². The smallest absolute Gasteiger partial charge is 0.307 e. The van der Waals surface area contributed by atoms with Gasteiger partial charge in [0.2, 0.25) is 5.91 Å². The van der Waals surface area contributed by atoms with Crippen molar-refractivity contribution in [3.63, 3.8) is 0 Å². The van der Waals surface area contributed by atoms with Crippen LogP contribution in [0.15, 0.2) is 47.1 Å². The zero-order valence-corrected chi connectivity index (χ0v) is 14.2. The van der Waals surface area contributed by atoms with Gasteiger partial charge in [-0.25, -0.2) is 0 Å². The number of aryl methyl sites for hydroxylation is 1. The van der Waals surface area contributed by atoms with Crippen molar-refractivity contribution < 1.29 is 9.59 Å². The Morgan fingerprint density at radius 2 is 2.08 bits per heavy atom. The van der Waals surface area contributed by atoms with Crippen molar-refractivity contribution in [3.8, 4) is 0 Å². The maximum Gasteiger partial charge on any atom is 0.307 e. The molecule has 2 aromatic rings. The van der Waals surface area contributed by atoms with Gasteiger partial charge in [0.15, 0.2) is 0 Å². The molecular formula is C17H19N3O3S. The number of nitrogens with zero attached hydrogens (tertiary/aromatic N) is 1. The molecule has 7 heteroatoms. The van der Waals surface area contributed by atoms with Gasteiger partial charge in [-0.05, 0) is 19.1 Å². The summed E-state index contributed by atoms with van der Waals surface area (Å²) in [5.74, 6) is -0.535. The summed E-state index contributed by atoms with van der Waals surface area (Å²) in [6.45, 7) is 6.04. The lowest BCUT2D eigenvalue weighted by molar-refractivity contribution is -0.116. The molecule has 6 nitrogen and oxygen atoms in total. The fraction of sp³-hybridized carbons (Fsp3) is 0.235. The summed E-state index contributed by atoms with van der Waals surface area (Å²) < 4.78 is 1.56. The van der Waals surface area contributed by atoms with Crippen molar-refractivity contribution in [2.24, 2.45) is 0 Å². The zero-order valence-electron chi connectivity index (χ0n) is 13.4. The van der Waals surface area contributed by atoms with E-state index in [-0.39, 0.29) is 23.1 Å². The number of benzene rings is 1. The minimum Gasteiger partial charge on any atom is -0.349 e. The Morgan fingerprint density at radius 1 is 1.33 bits per heavy atom. The number of anilines is 1. The molecule has 1 aromatic carbocycles. The Labute approximate surface area is 143 Å². The number of carbonyl (C=O) groups is 2. The van der Waals surface area contributed by atoms with E-state index in [9.17, 15) is 14.4 Å². The first-order valence-corrected chi connectivity index (χ1v) is 8.33. The van der Waals surface area contributed by atoms with Crippen LogP contribution in [0.2, 0.25) is 0 Å². The number of para-hydroxylation sites is 1. The van der Waals surface area contributed by atoms with Crippen LogP contribution in [0.3, 0.4) is 0 Å². The highest BCUT2D eigenvalue weighted by Gasteiger charge is 2.13. The van der Waals surface area contributed by atoms with Gasteiger partial charge in [0.1, 0.15) is 0 Å². The van der Waals surface area contributed by atoms with E-state index in [4.69, 9.17) is 0 Å². The highest BCUT2D eigenvalue weighted by atomic mass is 32.1. The molecule has 0 aliphatic carbocycles. The Hall–Kier alpha value is -2.67. The number of aromatic nitrogens is 1.